The lowest BCUT2D eigenvalue weighted by molar-refractivity contribution is -0.117. The van der Waals surface area contributed by atoms with Gasteiger partial charge < -0.3 is 5.11 Å². The normalized spacial score (nSPS) is 18.9. The van der Waals surface area contributed by atoms with Crippen LogP contribution in [0.4, 0.5) is 5.69 Å². The van der Waals surface area contributed by atoms with Gasteiger partial charge in [-0.15, -0.1) is 0 Å². The zero-order chi connectivity index (χ0) is 13.9. The predicted molar refractivity (Wildman–Crippen MR) is 76.2 cm³/mol. The highest BCUT2D eigenvalue weighted by Gasteiger charge is 2.32. The molecule has 1 aliphatic carbocycles. The Hall–Kier alpha value is -2.10. The van der Waals surface area contributed by atoms with Gasteiger partial charge in [-0.3, -0.25) is 10.2 Å². The topological polar surface area (TPSA) is 61.7 Å². The van der Waals surface area contributed by atoms with E-state index < -0.39 is 0 Å². The van der Waals surface area contributed by atoms with Crippen molar-refractivity contribution >= 4 is 17.7 Å². The quantitative estimate of drug-likeness (QED) is 0.646. The Labute approximate surface area is 112 Å². The molecule has 0 saturated heterocycles. The molecule has 0 aliphatic heterocycles. The molecular formula is C15H18N2O2. The molecule has 0 spiro atoms. The van der Waals surface area contributed by atoms with Crippen molar-refractivity contribution in [1.29, 1.82) is 0 Å². The minimum atomic E-state index is -0.175. The number of allylic oxidation sites excluding steroid dienone is 2. The number of aliphatic hydroxyl groups is 1. The van der Waals surface area contributed by atoms with Crippen molar-refractivity contribution in [3.63, 3.8) is 0 Å². The Morgan fingerprint density at radius 1 is 1.26 bits per heavy atom. The number of para-hydroxylation sites is 1. The fraction of sp³-hybridized carbons (Fsp3) is 0.333. The van der Waals surface area contributed by atoms with Crippen molar-refractivity contribution in [2.75, 3.05) is 5.43 Å². The third-order valence-corrected chi connectivity index (χ3v) is 3.06. The summed E-state index contributed by atoms with van der Waals surface area (Å²) in [6.45, 7) is 3.94. The second kappa shape index (κ2) is 5.26. The first-order valence-corrected chi connectivity index (χ1v) is 6.27. The van der Waals surface area contributed by atoms with Crippen LogP contribution >= 0.6 is 0 Å². The highest BCUT2D eigenvalue weighted by atomic mass is 16.3. The van der Waals surface area contributed by atoms with Gasteiger partial charge in [-0.05, 0) is 17.5 Å². The van der Waals surface area contributed by atoms with E-state index in [0.29, 0.717) is 18.4 Å². The summed E-state index contributed by atoms with van der Waals surface area (Å²) in [7, 11) is 0. The van der Waals surface area contributed by atoms with E-state index >= 15 is 0 Å². The molecule has 0 amide bonds. The summed E-state index contributed by atoms with van der Waals surface area (Å²) < 4.78 is 0. The molecule has 2 N–H and O–H groups in total. The average molecular weight is 258 g/mol. The van der Waals surface area contributed by atoms with Gasteiger partial charge in [0.25, 0.3) is 0 Å². The Balaban J connectivity index is 2.08. The molecular weight excluding hydrogens is 240 g/mol. The molecule has 1 aromatic carbocycles. The summed E-state index contributed by atoms with van der Waals surface area (Å²) in [6, 6.07) is 9.44. The molecule has 0 saturated carbocycles. The van der Waals surface area contributed by atoms with Gasteiger partial charge in [0.05, 0.1) is 17.5 Å². The summed E-state index contributed by atoms with van der Waals surface area (Å²) in [5.41, 5.74) is 3.79. The first kappa shape index (κ1) is 13.3. The Kier molecular flexibility index (Phi) is 3.69. The van der Waals surface area contributed by atoms with Gasteiger partial charge >= 0.3 is 0 Å². The number of hydrogen-bond acceptors (Lipinski definition) is 4. The predicted octanol–water partition coefficient (Wildman–Crippen LogP) is 3.29. The molecule has 19 heavy (non-hydrogen) atoms. The molecule has 0 radical (unpaired) electrons. The number of carbonyl (C=O) groups excluding carboxylic acids is 1. The second-order valence-electron chi connectivity index (χ2n) is 5.54. The standard InChI is InChI=1S/C15H18N2O2/c1-15(2)8-13(18)12(14(19)9-15)10-16-17-11-6-4-3-5-7-11/h3-7,10,17-18H,8-9H2,1-2H3. The number of anilines is 1. The fourth-order valence-electron chi connectivity index (χ4n) is 2.13. The van der Waals surface area contributed by atoms with Crippen molar-refractivity contribution < 1.29 is 9.90 Å². The number of rotatable bonds is 3. The Morgan fingerprint density at radius 3 is 2.58 bits per heavy atom. The van der Waals surface area contributed by atoms with Crippen LogP contribution in [0.1, 0.15) is 26.7 Å². The minimum Gasteiger partial charge on any atom is -0.511 e. The molecule has 0 aromatic heterocycles. The zero-order valence-electron chi connectivity index (χ0n) is 11.2. The molecule has 0 atom stereocenters. The van der Waals surface area contributed by atoms with Crippen LogP contribution in [0.2, 0.25) is 0 Å². The lowest BCUT2D eigenvalue weighted by Gasteiger charge is -2.28. The Bertz CT molecular complexity index is 530. The number of ketones is 1. The fourth-order valence-corrected chi connectivity index (χ4v) is 2.13. The first-order chi connectivity index (χ1) is 8.98. The smallest absolute Gasteiger partial charge is 0.168 e. The summed E-state index contributed by atoms with van der Waals surface area (Å²) in [5, 5.41) is 13.9. The number of Topliss-reactive ketones (excluding diaryl/α,β-unsaturated/α-hetero) is 1. The molecule has 4 nitrogen and oxygen atoms in total. The number of nitrogens with zero attached hydrogens (tertiary/aromatic N) is 1. The number of benzene rings is 1. The molecule has 0 bridgehead atoms. The van der Waals surface area contributed by atoms with E-state index in [9.17, 15) is 9.90 Å². The van der Waals surface area contributed by atoms with Crippen molar-refractivity contribution in [2.45, 2.75) is 26.7 Å². The number of hydrazone groups is 1. The van der Waals surface area contributed by atoms with Gasteiger partial charge in [0.1, 0.15) is 5.76 Å². The van der Waals surface area contributed by atoms with Gasteiger partial charge in [-0.2, -0.15) is 5.10 Å². The molecule has 2 rings (SSSR count). The van der Waals surface area contributed by atoms with Gasteiger partial charge in [-0.1, -0.05) is 32.0 Å². The molecule has 100 valence electrons. The maximum Gasteiger partial charge on any atom is 0.168 e. The van der Waals surface area contributed by atoms with Crippen LogP contribution in [-0.2, 0) is 4.79 Å². The van der Waals surface area contributed by atoms with E-state index in [2.05, 4.69) is 10.5 Å². The van der Waals surface area contributed by atoms with Crippen LogP contribution in [0.25, 0.3) is 0 Å². The zero-order valence-corrected chi connectivity index (χ0v) is 11.2. The van der Waals surface area contributed by atoms with E-state index in [1.54, 1.807) is 0 Å². The molecule has 4 heteroatoms. The van der Waals surface area contributed by atoms with Crippen LogP contribution in [0.15, 0.2) is 46.8 Å². The summed E-state index contributed by atoms with van der Waals surface area (Å²) in [6.07, 6.45) is 2.34. The molecule has 0 unspecified atom stereocenters. The van der Waals surface area contributed by atoms with Crippen molar-refractivity contribution in [3.05, 3.63) is 41.7 Å². The monoisotopic (exact) mass is 258 g/mol. The first-order valence-electron chi connectivity index (χ1n) is 6.27. The van der Waals surface area contributed by atoms with Crippen LogP contribution < -0.4 is 5.43 Å². The summed E-state index contributed by atoms with van der Waals surface area (Å²) in [5.74, 6) is 0.0622. The largest absolute Gasteiger partial charge is 0.511 e. The van der Waals surface area contributed by atoms with E-state index in [-0.39, 0.29) is 17.0 Å². The van der Waals surface area contributed by atoms with Gasteiger partial charge in [0, 0.05) is 12.8 Å². The number of aliphatic hydroxyl groups excluding tert-OH is 1. The Morgan fingerprint density at radius 2 is 1.95 bits per heavy atom. The van der Waals surface area contributed by atoms with Gasteiger partial charge in [-0.25, -0.2) is 0 Å². The molecule has 1 aliphatic rings. The number of nitrogens with one attached hydrogen (secondary N) is 1. The van der Waals surface area contributed by atoms with Gasteiger partial charge in [0.15, 0.2) is 5.78 Å². The number of carbonyl (C=O) groups is 1. The maximum atomic E-state index is 11.9. The minimum absolute atomic E-state index is 0.0626. The highest BCUT2D eigenvalue weighted by molar-refractivity contribution is 6.14. The average Bonchev–Trinajstić information content (AvgIpc) is 2.32. The van der Waals surface area contributed by atoms with Crippen molar-refractivity contribution in [3.8, 4) is 0 Å². The van der Waals surface area contributed by atoms with Crippen LogP contribution in [-0.4, -0.2) is 17.1 Å². The van der Waals surface area contributed by atoms with Crippen LogP contribution in [0, 0.1) is 5.41 Å². The third-order valence-electron chi connectivity index (χ3n) is 3.06. The maximum absolute atomic E-state index is 11.9. The lowest BCUT2D eigenvalue weighted by atomic mass is 9.77. The van der Waals surface area contributed by atoms with E-state index in [0.717, 1.165) is 5.69 Å². The number of hydrogen-bond donors (Lipinski definition) is 2. The lowest BCUT2D eigenvalue weighted by Crippen LogP contribution is -2.26. The van der Waals surface area contributed by atoms with Crippen LogP contribution in [0.3, 0.4) is 0 Å². The van der Waals surface area contributed by atoms with Crippen molar-refractivity contribution in [2.24, 2.45) is 10.5 Å². The molecule has 0 fully saturated rings. The SMILES string of the molecule is CC1(C)CC(=O)C(C=NNc2ccccc2)=C(O)C1. The van der Waals surface area contributed by atoms with Crippen molar-refractivity contribution in [1.82, 2.24) is 0 Å². The highest BCUT2D eigenvalue weighted by Crippen LogP contribution is 2.35. The third kappa shape index (κ3) is 3.44. The summed E-state index contributed by atoms with van der Waals surface area (Å²) >= 11 is 0. The van der Waals surface area contributed by atoms with E-state index in [1.807, 2.05) is 44.2 Å². The van der Waals surface area contributed by atoms with E-state index in [4.69, 9.17) is 0 Å². The van der Waals surface area contributed by atoms with Crippen LogP contribution in [0.5, 0.6) is 0 Å². The molecule has 1 aromatic rings. The molecule has 0 heterocycles. The second-order valence-corrected chi connectivity index (χ2v) is 5.54. The summed E-state index contributed by atoms with van der Waals surface area (Å²) in [4.78, 5) is 11.9. The van der Waals surface area contributed by atoms with Gasteiger partial charge in [0.2, 0.25) is 0 Å². The van der Waals surface area contributed by atoms with E-state index in [1.165, 1.54) is 6.21 Å².